The number of sulfonamides is 1. The van der Waals surface area contributed by atoms with E-state index in [2.05, 4.69) is 5.32 Å². The molecule has 0 spiro atoms. The van der Waals surface area contributed by atoms with Crippen LogP contribution >= 0.6 is 0 Å². The highest BCUT2D eigenvalue weighted by Crippen LogP contribution is 2.26. The molecule has 0 saturated heterocycles. The Morgan fingerprint density at radius 2 is 1.53 bits per heavy atom. The molecule has 10 heteroatoms. The van der Waals surface area contributed by atoms with Crippen molar-refractivity contribution < 1.29 is 27.1 Å². The number of hydrogen-bond donors (Lipinski definition) is 1. The molecule has 2 amide bonds. The zero-order valence-electron chi connectivity index (χ0n) is 20.2. The third-order valence-corrected chi connectivity index (χ3v) is 6.60. The van der Waals surface area contributed by atoms with E-state index < -0.39 is 40.2 Å². The monoisotopic (exact) mass is 513 g/mol. The molecule has 36 heavy (non-hydrogen) atoms. The molecule has 0 aliphatic heterocycles. The Labute approximate surface area is 210 Å². The predicted octanol–water partition coefficient (Wildman–Crippen LogP) is 3.55. The first-order chi connectivity index (χ1) is 17.1. The van der Waals surface area contributed by atoms with Gasteiger partial charge in [0.1, 0.15) is 29.9 Å². The van der Waals surface area contributed by atoms with Crippen LogP contribution in [0.5, 0.6) is 11.5 Å². The number of nitrogens with one attached hydrogen (secondary N) is 1. The van der Waals surface area contributed by atoms with Crippen molar-refractivity contribution in [1.82, 2.24) is 10.2 Å². The lowest BCUT2D eigenvalue weighted by molar-refractivity contribution is -0.139. The first kappa shape index (κ1) is 26.7. The maximum absolute atomic E-state index is 13.4. The number of halogens is 1. The van der Waals surface area contributed by atoms with Crippen molar-refractivity contribution in [2.45, 2.75) is 19.5 Å². The molecular formula is C26H28FN3O5S. The molecule has 0 aromatic heterocycles. The molecule has 0 bridgehead atoms. The number of anilines is 1. The van der Waals surface area contributed by atoms with Crippen LogP contribution in [0, 0.1) is 5.82 Å². The maximum Gasteiger partial charge on any atom is 0.244 e. The number of hydrogen-bond acceptors (Lipinski definition) is 5. The molecule has 190 valence electrons. The highest BCUT2D eigenvalue weighted by Gasteiger charge is 2.29. The van der Waals surface area contributed by atoms with Crippen LogP contribution < -0.4 is 14.4 Å². The molecule has 0 fully saturated rings. The molecule has 0 radical (unpaired) electrons. The molecule has 1 unspecified atom stereocenters. The first-order valence-corrected chi connectivity index (χ1v) is 13.0. The van der Waals surface area contributed by atoms with Gasteiger partial charge in [0, 0.05) is 13.6 Å². The van der Waals surface area contributed by atoms with Gasteiger partial charge >= 0.3 is 0 Å². The highest BCUT2D eigenvalue weighted by molar-refractivity contribution is 7.92. The molecule has 1 atom stereocenters. The van der Waals surface area contributed by atoms with E-state index in [9.17, 15) is 22.4 Å². The summed E-state index contributed by atoms with van der Waals surface area (Å²) in [5, 5.41) is 2.50. The van der Waals surface area contributed by atoms with E-state index in [0.717, 1.165) is 10.6 Å². The summed E-state index contributed by atoms with van der Waals surface area (Å²) in [4.78, 5) is 26.9. The van der Waals surface area contributed by atoms with Gasteiger partial charge in [-0.2, -0.15) is 0 Å². The summed E-state index contributed by atoms with van der Waals surface area (Å²) >= 11 is 0. The summed E-state index contributed by atoms with van der Waals surface area (Å²) in [7, 11) is -2.41. The lowest BCUT2D eigenvalue weighted by Crippen LogP contribution is -2.50. The minimum absolute atomic E-state index is 0.00481. The molecule has 0 heterocycles. The van der Waals surface area contributed by atoms with Crippen LogP contribution in [0.4, 0.5) is 10.1 Å². The second-order valence-corrected chi connectivity index (χ2v) is 10.0. The Hall–Kier alpha value is -3.92. The van der Waals surface area contributed by atoms with E-state index >= 15 is 0 Å². The van der Waals surface area contributed by atoms with E-state index in [-0.39, 0.29) is 12.2 Å². The smallest absolute Gasteiger partial charge is 0.244 e. The highest BCUT2D eigenvalue weighted by atomic mass is 32.2. The van der Waals surface area contributed by atoms with Crippen LogP contribution in [0.2, 0.25) is 0 Å². The van der Waals surface area contributed by atoms with Gasteiger partial charge in [0.15, 0.2) is 0 Å². The number of ether oxygens (including phenoxy) is 1. The van der Waals surface area contributed by atoms with Gasteiger partial charge in [-0.05, 0) is 61.0 Å². The average molecular weight is 514 g/mol. The van der Waals surface area contributed by atoms with Crippen molar-refractivity contribution >= 4 is 27.5 Å². The maximum atomic E-state index is 13.4. The zero-order chi connectivity index (χ0) is 26.3. The normalized spacial score (nSPS) is 11.9. The second kappa shape index (κ2) is 11.7. The van der Waals surface area contributed by atoms with Crippen LogP contribution in [0.3, 0.4) is 0 Å². The summed E-state index contributed by atoms with van der Waals surface area (Å²) in [5.41, 5.74) is 0.856. The van der Waals surface area contributed by atoms with Gasteiger partial charge < -0.3 is 15.0 Å². The number of amides is 2. The number of carbonyl (C=O) groups excluding carboxylic acids is 2. The number of likely N-dealkylation sites (N-methyl/N-ethyl adjacent to an activating group) is 1. The van der Waals surface area contributed by atoms with Crippen LogP contribution in [-0.2, 0) is 26.2 Å². The molecule has 0 saturated carbocycles. The minimum Gasteiger partial charge on any atom is -0.457 e. The number of benzene rings is 3. The fourth-order valence-electron chi connectivity index (χ4n) is 3.50. The summed E-state index contributed by atoms with van der Waals surface area (Å²) in [6.45, 7) is 1.01. The summed E-state index contributed by atoms with van der Waals surface area (Å²) < 4.78 is 45.3. The van der Waals surface area contributed by atoms with Crippen molar-refractivity contribution in [3.63, 3.8) is 0 Å². The molecule has 8 nitrogen and oxygen atoms in total. The van der Waals surface area contributed by atoms with E-state index in [0.29, 0.717) is 17.1 Å². The molecule has 1 N–H and O–H groups in total. The Kier molecular flexibility index (Phi) is 8.65. The van der Waals surface area contributed by atoms with Crippen molar-refractivity contribution in [2.75, 3.05) is 24.2 Å². The fraction of sp³-hybridized carbons (Fsp3) is 0.231. The summed E-state index contributed by atoms with van der Waals surface area (Å²) in [5.74, 6) is -0.320. The van der Waals surface area contributed by atoms with E-state index in [1.165, 1.54) is 36.2 Å². The molecule has 3 rings (SSSR count). The summed E-state index contributed by atoms with van der Waals surface area (Å²) in [6, 6.07) is 20.0. The third-order valence-electron chi connectivity index (χ3n) is 5.46. The predicted molar refractivity (Wildman–Crippen MR) is 136 cm³/mol. The van der Waals surface area contributed by atoms with Crippen molar-refractivity contribution in [3.05, 3.63) is 90.2 Å². The first-order valence-electron chi connectivity index (χ1n) is 11.1. The van der Waals surface area contributed by atoms with Gasteiger partial charge in [0.2, 0.25) is 21.8 Å². The van der Waals surface area contributed by atoms with Gasteiger partial charge in [-0.15, -0.1) is 0 Å². The molecular weight excluding hydrogens is 485 g/mol. The summed E-state index contributed by atoms with van der Waals surface area (Å²) in [6.07, 6.45) is 1.00. The molecule has 0 aliphatic rings. The number of carbonyl (C=O) groups is 2. The van der Waals surface area contributed by atoms with Gasteiger partial charge in [0.05, 0.1) is 11.9 Å². The Bertz CT molecular complexity index is 1280. The quantitative estimate of drug-likeness (QED) is 0.447. The second-order valence-electron chi connectivity index (χ2n) is 8.12. The van der Waals surface area contributed by atoms with Gasteiger partial charge in [-0.3, -0.25) is 13.9 Å². The molecule has 3 aromatic carbocycles. The number of para-hydroxylation sites is 1. The van der Waals surface area contributed by atoms with E-state index in [1.54, 1.807) is 43.3 Å². The zero-order valence-corrected chi connectivity index (χ0v) is 21.0. The molecule has 0 aliphatic carbocycles. The SMILES string of the molecule is CNC(=O)C(C)N(Cc1ccc(F)cc1)C(=O)CN(c1ccc(Oc2ccccc2)cc1)S(C)(=O)=O. The van der Waals surface area contributed by atoms with Crippen LogP contribution in [0.15, 0.2) is 78.9 Å². The minimum atomic E-state index is -3.85. The lowest BCUT2D eigenvalue weighted by Gasteiger charge is -2.31. The average Bonchev–Trinajstić information content (AvgIpc) is 2.86. The third kappa shape index (κ3) is 7.05. The lowest BCUT2D eigenvalue weighted by atomic mass is 10.1. The van der Waals surface area contributed by atoms with Crippen LogP contribution in [0.25, 0.3) is 0 Å². The van der Waals surface area contributed by atoms with E-state index in [1.807, 2.05) is 18.2 Å². The molecule has 3 aromatic rings. The van der Waals surface area contributed by atoms with Crippen molar-refractivity contribution in [3.8, 4) is 11.5 Å². The van der Waals surface area contributed by atoms with Crippen molar-refractivity contribution in [1.29, 1.82) is 0 Å². The number of rotatable bonds is 10. The number of nitrogens with zero attached hydrogens (tertiary/aromatic N) is 2. The van der Waals surface area contributed by atoms with Crippen molar-refractivity contribution in [2.24, 2.45) is 0 Å². The Balaban J connectivity index is 1.84. The topological polar surface area (TPSA) is 96.0 Å². The van der Waals surface area contributed by atoms with Gasteiger partial charge in [0.25, 0.3) is 0 Å². The fourth-order valence-corrected chi connectivity index (χ4v) is 4.35. The Morgan fingerprint density at radius 3 is 2.08 bits per heavy atom. The van der Waals surface area contributed by atoms with Crippen LogP contribution in [-0.4, -0.2) is 51.0 Å². The standard InChI is InChI=1S/C26H28FN3O5S/c1-19(26(32)28-2)29(17-20-9-11-21(27)12-10-20)25(31)18-30(36(3,33)34)22-13-15-24(16-14-22)35-23-7-5-4-6-8-23/h4-16,19H,17-18H2,1-3H3,(H,28,32). The van der Waals surface area contributed by atoms with Gasteiger partial charge in [-0.1, -0.05) is 30.3 Å². The van der Waals surface area contributed by atoms with Gasteiger partial charge in [-0.25, -0.2) is 12.8 Å². The van der Waals surface area contributed by atoms with Crippen LogP contribution in [0.1, 0.15) is 12.5 Å². The largest absolute Gasteiger partial charge is 0.457 e. The van der Waals surface area contributed by atoms with E-state index in [4.69, 9.17) is 4.74 Å². The Morgan fingerprint density at radius 1 is 0.944 bits per heavy atom.